The molecule has 7 aromatic rings. The molecule has 4 heteroatoms. The molecule has 0 fully saturated rings. The fraction of sp³-hybridized carbons (Fsp3) is 0.167. The average Bonchev–Trinajstić information content (AvgIpc) is 3.48. The highest BCUT2D eigenvalue weighted by atomic mass is 27.2. The number of hydrogen-bond acceptors (Lipinski definition) is 2. The standard InChI is InChI=1S/C35H26N3.C11H16.2CH3.Al/c1-24-21-28(38-34-17-8-6-15-30(34)31-16-7-9-18-35(31)38)19-20-29(24)26-13-10-14-27(22-26)32(36)23-33(37-2)25-11-4-3-5-12-25;1-9-5-7-10(8-6-9)11(2,3)4;;;/h3-6,8-23,36H,2H2,1H3;5-8H,1-4H3;2*1H3;/b33-23-,36-32?;;;;. The molecule has 3 nitrogen and oxygen atoms in total. The summed E-state index contributed by atoms with van der Waals surface area (Å²) in [7, 11) is 0. The maximum Gasteiger partial charge on any atom is 0.299 e. The lowest BCUT2D eigenvalue weighted by Gasteiger charge is -2.18. The summed E-state index contributed by atoms with van der Waals surface area (Å²) in [5, 5.41) is 11.4. The van der Waals surface area contributed by atoms with Crippen molar-refractivity contribution in [3.63, 3.8) is 0 Å². The Morgan fingerprint density at radius 2 is 1.37 bits per heavy atom. The zero-order valence-corrected chi connectivity index (χ0v) is 32.7. The van der Waals surface area contributed by atoms with E-state index in [0.29, 0.717) is 11.4 Å². The van der Waals surface area contributed by atoms with Gasteiger partial charge in [0.25, 0.3) is 14.1 Å². The van der Waals surface area contributed by atoms with Crippen molar-refractivity contribution in [1.29, 1.82) is 5.41 Å². The zero-order chi connectivity index (χ0) is 37.0. The lowest BCUT2D eigenvalue weighted by atomic mass is 9.87. The number of rotatable bonds is 7. The number of allylic oxidation sites excluding steroid dienone is 1. The van der Waals surface area contributed by atoms with Crippen LogP contribution in [0.15, 0.2) is 151 Å². The monoisotopic (exact) mass is 693 g/mol. The molecule has 1 N–H and O–H groups in total. The molecular weight excluding hydrogens is 646 g/mol. The van der Waals surface area contributed by atoms with E-state index < -0.39 is 14.1 Å². The van der Waals surface area contributed by atoms with Gasteiger partial charge in [0.15, 0.2) is 0 Å². The lowest BCUT2D eigenvalue weighted by molar-refractivity contribution is 0.590. The van der Waals surface area contributed by atoms with E-state index in [-0.39, 0.29) is 5.41 Å². The van der Waals surface area contributed by atoms with Crippen LogP contribution in [0.1, 0.15) is 48.6 Å². The fourth-order valence-corrected chi connectivity index (χ4v) is 7.68. The highest BCUT2D eigenvalue weighted by molar-refractivity contribution is 6.71. The van der Waals surface area contributed by atoms with Crippen LogP contribution in [0.4, 0.5) is 0 Å². The summed E-state index contributed by atoms with van der Waals surface area (Å²) in [6, 6.07) is 49.2. The highest BCUT2D eigenvalue weighted by Gasteiger charge is 2.16. The van der Waals surface area contributed by atoms with E-state index >= 15 is 0 Å². The summed E-state index contributed by atoms with van der Waals surface area (Å²) in [6.45, 7) is 14.7. The van der Waals surface area contributed by atoms with E-state index in [4.69, 9.17) is 5.41 Å². The SMILES string of the molecule is C=N/C(=C\C(=N)c1cccc(-c2ccc(-n3c4ccccc4c4c[c]([Al]([CH3])[CH3])ccc43)cc2C)c1)c1ccccc1.Cc1ccc(C(C)(C)C)cc1. The quantitative estimate of drug-likeness (QED) is 0.128. The van der Waals surface area contributed by atoms with Crippen LogP contribution in [0.5, 0.6) is 0 Å². The fourth-order valence-electron chi connectivity index (χ4n) is 6.70. The molecule has 258 valence electrons. The summed E-state index contributed by atoms with van der Waals surface area (Å²) >= 11 is -0.906. The topological polar surface area (TPSA) is 41.1 Å². The highest BCUT2D eigenvalue weighted by Crippen LogP contribution is 2.34. The van der Waals surface area contributed by atoms with Gasteiger partial charge in [0.1, 0.15) is 0 Å². The Kier molecular flexibility index (Phi) is 10.9. The second-order valence-corrected chi connectivity index (χ2v) is 17.9. The van der Waals surface area contributed by atoms with Crippen molar-refractivity contribution in [1.82, 2.24) is 4.57 Å². The van der Waals surface area contributed by atoms with Crippen LogP contribution in [0.3, 0.4) is 0 Å². The molecule has 0 spiro atoms. The predicted octanol–water partition coefficient (Wildman–Crippen LogP) is 12.1. The van der Waals surface area contributed by atoms with Crippen molar-refractivity contribution >= 4 is 58.5 Å². The number of aliphatic imine (C=N–C) groups is 1. The van der Waals surface area contributed by atoms with Gasteiger partial charge in [-0.1, -0.05) is 136 Å². The molecule has 0 amide bonds. The zero-order valence-electron chi connectivity index (χ0n) is 31.5. The number of aromatic nitrogens is 1. The number of hydrogen-bond donors (Lipinski definition) is 1. The summed E-state index contributed by atoms with van der Waals surface area (Å²) in [4.78, 5) is 4.18. The van der Waals surface area contributed by atoms with Crippen LogP contribution in [-0.4, -0.2) is 31.1 Å². The minimum absolute atomic E-state index is 0.285. The van der Waals surface area contributed by atoms with Crippen LogP contribution < -0.4 is 4.43 Å². The normalized spacial score (nSPS) is 11.6. The third kappa shape index (κ3) is 7.95. The summed E-state index contributed by atoms with van der Waals surface area (Å²) < 4.78 is 3.88. The summed E-state index contributed by atoms with van der Waals surface area (Å²) in [5.74, 6) is 4.77. The Hall–Kier alpha value is -5.27. The molecule has 0 aliphatic heterocycles. The third-order valence-corrected chi connectivity index (χ3v) is 11.4. The minimum Gasteiger partial charge on any atom is -0.309 e. The molecule has 0 aliphatic rings. The summed E-state index contributed by atoms with van der Waals surface area (Å²) in [5.41, 5.74) is 13.0. The van der Waals surface area contributed by atoms with Gasteiger partial charge in [-0.3, -0.25) is 4.99 Å². The van der Waals surface area contributed by atoms with Gasteiger partial charge in [-0.2, -0.15) is 0 Å². The van der Waals surface area contributed by atoms with Crippen molar-refractivity contribution in [2.24, 2.45) is 4.99 Å². The number of nitrogens with zero attached hydrogens (tertiary/aromatic N) is 2. The Balaban J connectivity index is 0.000000362. The molecule has 0 atom stereocenters. The average molecular weight is 694 g/mol. The van der Waals surface area contributed by atoms with Gasteiger partial charge in [0.05, 0.1) is 22.4 Å². The molecule has 0 saturated carbocycles. The van der Waals surface area contributed by atoms with Crippen molar-refractivity contribution < 1.29 is 0 Å². The van der Waals surface area contributed by atoms with E-state index in [2.05, 4.69) is 160 Å². The van der Waals surface area contributed by atoms with Gasteiger partial charge >= 0.3 is 0 Å². The first-order chi connectivity index (χ1) is 24.9. The first kappa shape index (κ1) is 36.5. The molecule has 0 unspecified atom stereocenters. The van der Waals surface area contributed by atoms with E-state index in [1.165, 1.54) is 42.9 Å². The smallest absolute Gasteiger partial charge is 0.299 e. The van der Waals surface area contributed by atoms with Crippen molar-refractivity contribution in [2.45, 2.75) is 51.6 Å². The number of nitrogens with one attached hydrogen (secondary N) is 1. The van der Waals surface area contributed by atoms with Crippen LogP contribution in [0.2, 0.25) is 11.6 Å². The van der Waals surface area contributed by atoms with Crippen molar-refractivity contribution in [3.8, 4) is 16.8 Å². The van der Waals surface area contributed by atoms with Crippen LogP contribution in [0.25, 0.3) is 44.3 Å². The van der Waals surface area contributed by atoms with E-state index in [1.54, 1.807) is 6.08 Å². The molecule has 0 aliphatic carbocycles. The molecule has 0 radical (unpaired) electrons. The van der Waals surface area contributed by atoms with Gasteiger partial charge < -0.3 is 9.98 Å². The second kappa shape index (κ2) is 15.5. The van der Waals surface area contributed by atoms with Crippen molar-refractivity contribution in [3.05, 3.63) is 173 Å². The molecule has 6 aromatic carbocycles. The number of aryl methyl sites for hydroxylation is 2. The van der Waals surface area contributed by atoms with E-state index in [9.17, 15) is 0 Å². The summed E-state index contributed by atoms with van der Waals surface area (Å²) in [6.07, 6.45) is 1.78. The van der Waals surface area contributed by atoms with Crippen LogP contribution in [-0.2, 0) is 5.41 Å². The Morgan fingerprint density at radius 1 is 0.692 bits per heavy atom. The Labute approximate surface area is 313 Å². The van der Waals surface area contributed by atoms with E-state index in [0.717, 1.165) is 27.9 Å². The molecule has 0 saturated heterocycles. The largest absolute Gasteiger partial charge is 0.309 e. The lowest BCUT2D eigenvalue weighted by Crippen LogP contribution is -2.21. The van der Waals surface area contributed by atoms with Crippen LogP contribution in [0, 0.1) is 19.3 Å². The maximum absolute atomic E-state index is 8.78. The molecule has 1 heterocycles. The van der Waals surface area contributed by atoms with Crippen molar-refractivity contribution in [2.75, 3.05) is 0 Å². The predicted molar refractivity (Wildman–Crippen MR) is 229 cm³/mol. The molecular formula is C48H48AlN3. The first-order valence-electron chi connectivity index (χ1n) is 18.1. The van der Waals surface area contributed by atoms with Gasteiger partial charge in [-0.25, -0.2) is 0 Å². The van der Waals surface area contributed by atoms with Crippen LogP contribution >= 0.6 is 0 Å². The third-order valence-electron chi connectivity index (χ3n) is 9.75. The van der Waals surface area contributed by atoms with Gasteiger partial charge in [0, 0.05) is 27.6 Å². The minimum atomic E-state index is -0.906. The van der Waals surface area contributed by atoms with E-state index in [1.807, 2.05) is 42.5 Å². The molecule has 52 heavy (non-hydrogen) atoms. The number of benzene rings is 6. The molecule has 7 rings (SSSR count). The number of fused-ring (bicyclic) bond motifs is 3. The Morgan fingerprint density at radius 3 is 2.04 bits per heavy atom. The molecule has 0 bridgehead atoms. The van der Waals surface area contributed by atoms with Gasteiger partial charge in [-0.15, -0.1) is 16.0 Å². The molecule has 1 aromatic heterocycles. The number of para-hydroxylation sites is 1. The Bertz CT molecular complexity index is 2410. The second-order valence-electron chi connectivity index (χ2n) is 14.9. The first-order valence-corrected chi connectivity index (χ1v) is 21.0. The van der Waals surface area contributed by atoms with Gasteiger partial charge in [0.2, 0.25) is 0 Å². The van der Waals surface area contributed by atoms with Gasteiger partial charge in [-0.05, 0) is 84.6 Å². The maximum atomic E-state index is 8.78.